The Kier molecular flexibility index (Phi) is 5.31. The fraction of sp³-hybridized carbons (Fsp3) is 0.750. The normalized spacial score (nSPS) is 22.4. The van der Waals surface area contributed by atoms with Gasteiger partial charge in [-0.3, -0.25) is 5.43 Å². The Hall–Kier alpha value is -1.67. The summed E-state index contributed by atoms with van der Waals surface area (Å²) in [4.78, 5) is 12.4. The average molecular weight is 282 g/mol. The predicted molar refractivity (Wildman–Crippen MR) is 75.3 cm³/mol. The molecule has 0 spiro atoms. The van der Waals surface area contributed by atoms with Gasteiger partial charge in [0.25, 0.3) is 0 Å². The molecule has 0 radical (unpaired) electrons. The number of ether oxygens (including phenoxy) is 1. The van der Waals surface area contributed by atoms with E-state index >= 15 is 0 Å². The van der Waals surface area contributed by atoms with Crippen LogP contribution >= 0.6 is 0 Å². The Bertz CT molecular complexity index is 422. The zero-order chi connectivity index (χ0) is 14.4. The summed E-state index contributed by atoms with van der Waals surface area (Å²) >= 11 is 0. The molecule has 112 valence electrons. The average Bonchev–Trinajstić information content (AvgIpc) is 2.47. The molecule has 0 saturated heterocycles. The van der Waals surface area contributed by atoms with E-state index in [1.165, 1.54) is 0 Å². The maximum Gasteiger partial charge on any atom is 0.323 e. The van der Waals surface area contributed by atoms with Gasteiger partial charge in [0.15, 0.2) is 0 Å². The molecule has 1 fully saturated rings. The number of anilines is 2. The van der Waals surface area contributed by atoms with Crippen molar-refractivity contribution in [3.8, 4) is 6.01 Å². The number of nitrogens with one attached hydrogen (secondary N) is 2. The van der Waals surface area contributed by atoms with E-state index in [1.54, 1.807) is 0 Å². The monoisotopic (exact) mass is 282 g/mol. The van der Waals surface area contributed by atoms with Crippen molar-refractivity contribution in [2.75, 3.05) is 17.3 Å². The van der Waals surface area contributed by atoms with Crippen molar-refractivity contribution in [3.63, 3.8) is 0 Å². The van der Waals surface area contributed by atoms with Crippen molar-refractivity contribution in [1.82, 2.24) is 15.0 Å². The third kappa shape index (κ3) is 4.17. The highest BCUT2D eigenvalue weighted by molar-refractivity contribution is 5.35. The first-order chi connectivity index (χ1) is 9.71. The summed E-state index contributed by atoms with van der Waals surface area (Å²) in [6.07, 6.45) is 4.07. The first-order valence-electron chi connectivity index (χ1n) is 7.01. The molecular formula is C12H22N6O2. The van der Waals surface area contributed by atoms with Gasteiger partial charge in [-0.05, 0) is 32.1 Å². The summed E-state index contributed by atoms with van der Waals surface area (Å²) < 4.78 is 5.41. The predicted octanol–water partition coefficient (Wildman–Crippen LogP) is 0.661. The molecule has 8 heteroatoms. The molecule has 0 aromatic carbocycles. The first kappa shape index (κ1) is 14.7. The van der Waals surface area contributed by atoms with E-state index in [-0.39, 0.29) is 24.1 Å². The topological polar surface area (TPSA) is 118 Å². The van der Waals surface area contributed by atoms with Crippen LogP contribution in [-0.4, -0.2) is 38.8 Å². The Morgan fingerprint density at radius 1 is 1.20 bits per heavy atom. The summed E-state index contributed by atoms with van der Waals surface area (Å²) in [5, 5.41) is 12.7. The highest BCUT2D eigenvalue weighted by atomic mass is 16.5. The number of aromatic nitrogens is 3. The molecule has 0 amide bonds. The summed E-state index contributed by atoms with van der Waals surface area (Å²) in [7, 11) is 0. The van der Waals surface area contributed by atoms with Gasteiger partial charge in [0.05, 0.1) is 12.7 Å². The van der Waals surface area contributed by atoms with E-state index in [4.69, 9.17) is 10.6 Å². The maximum atomic E-state index is 9.50. The Balaban J connectivity index is 2.02. The van der Waals surface area contributed by atoms with Gasteiger partial charge in [-0.1, -0.05) is 6.92 Å². The second-order valence-corrected chi connectivity index (χ2v) is 4.91. The number of hydrogen-bond donors (Lipinski definition) is 4. The van der Waals surface area contributed by atoms with Crippen LogP contribution in [-0.2, 0) is 0 Å². The maximum absolute atomic E-state index is 9.50. The van der Waals surface area contributed by atoms with Gasteiger partial charge in [0.1, 0.15) is 0 Å². The van der Waals surface area contributed by atoms with E-state index in [2.05, 4.69) is 25.7 Å². The fourth-order valence-electron chi connectivity index (χ4n) is 2.15. The van der Waals surface area contributed by atoms with Crippen LogP contribution in [0.15, 0.2) is 0 Å². The molecule has 1 saturated carbocycles. The zero-order valence-electron chi connectivity index (χ0n) is 11.7. The standard InChI is InChI=1S/C12H22N6O2/c1-2-7-20-12-16-10(15-11(17-12)18-13)14-8-3-5-9(19)6-4-8/h8-9,19H,2-7,13H2,1H3,(H2,14,15,16,17,18). The fourth-order valence-corrected chi connectivity index (χ4v) is 2.15. The van der Waals surface area contributed by atoms with Crippen LogP contribution in [0.1, 0.15) is 39.0 Å². The summed E-state index contributed by atoms with van der Waals surface area (Å²) in [6.45, 7) is 2.55. The van der Waals surface area contributed by atoms with Crippen LogP contribution in [0.2, 0.25) is 0 Å². The summed E-state index contributed by atoms with van der Waals surface area (Å²) in [5.74, 6) is 6.06. The molecule has 0 unspecified atom stereocenters. The van der Waals surface area contributed by atoms with E-state index < -0.39 is 0 Å². The summed E-state index contributed by atoms with van der Waals surface area (Å²) in [5.41, 5.74) is 2.41. The van der Waals surface area contributed by atoms with E-state index in [1.807, 2.05) is 6.92 Å². The molecular weight excluding hydrogens is 260 g/mol. The third-order valence-electron chi connectivity index (χ3n) is 3.21. The van der Waals surface area contributed by atoms with Crippen molar-refractivity contribution >= 4 is 11.9 Å². The third-order valence-corrected chi connectivity index (χ3v) is 3.21. The molecule has 8 nitrogen and oxygen atoms in total. The molecule has 2 rings (SSSR count). The smallest absolute Gasteiger partial charge is 0.323 e. The van der Waals surface area contributed by atoms with E-state index in [0.29, 0.717) is 12.6 Å². The molecule has 0 aliphatic heterocycles. The molecule has 1 aliphatic carbocycles. The Labute approximate surface area is 118 Å². The molecule has 0 atom stereocenters. The number of aliphatic hydroxyl groups excluding tert-OH is 1. The molecule has 1 aliphatic rings. The second-order valence-electron chi connectivity index (χ2n) is 4.91. The molecule has 20 heavy (non-hydrogen) atoms. The number of nitrogens with zero attached hydrogens (tertiary/aromatic N) is 3. The number of aliphatic hydroxyl groups is 1. The highest BCUT2D eigenvalue weighted by Gasteiger charge is 2.20. The lowest BCUT2D eigenvalue weighted by Crippen LogP contribution is -2.29. The van der Waals surface area contributed by atoms with Gasteiger partial charge in [-0.2, -0.15) is 15.0 Å². The Morgan fingerprint density at radius 3 is 2.55 bits per heavy atom. The lowest BCUT2D eigenvalue weighted by Gasteiger charge is -2.26. The van der Waals surface area contributed by atoms with Gasteiger partial charge < -0.3 is 15.2 Å². The number of hydrazine groups is 1. The molecule has 1 aromatic rings. The highest BCUT2D eigenvalue weighted by Crippen LogP contribution is 2.21. The van der Waals surface area contributed by atoms with Gasteiger partial charge in [0.2, 0.25) is 11.9 Å². The van der Waals surface area contributed by atoms with Crippen LogP contribution in [0.25, 0.3) is 0 Å². The van der Waals surface area contributed by atoms with Crippen molar-refractivity contribution in [2.24, 2.45) is 5.84 Å². The van der Waals surface area contributed by atoms with Gasteiger partial charge in [-0.25, -0.2) is 5.84 Å². The van der Waals surface area contributed by atoms with Gasteiger partial charge in [0, 0.05) is 6.04 Å². The largest absolute Gasteiger partial charge is 0.463 e. The SMILES string of the molecule is CCCOc1nc(NN)nc(NC2CCC(O)CC2)n1. The van der Waals surface area contributed by atoms with Crippen LogP contribution in [0.4, 0.5) is 11.9 Å². The van der Waals surface area contributed by atoms with Crippen molar-refractivity contribution in [3.05, 3.63) is 0 Å². The van der Waals surface area contributed by atoms with Crippen LogP contribution in [0.5, 0.6) is 6.01 Å². The van der Waals surface area contributed by atoms with Crippen LogP contribution in [0, 0.1) is 0 Å². The number of rotatable bonds is 6. The van der Waals surface area contributed by atoms with E-state index in [9.17, 15) is 5.11 Å². The number of nitrogen functional groups attached to an aromatic ring is 1. The van der Waals surface area contributed by atoms with Crippen LogP contribution < -0.4 is 21.3 Å². The minimum absolute atomic E-state index is 0.184. The molecule has 0 bridgehead atoms. The van der Waals surface area contributed by atoms with E-state index in [0.717, 1.165) is 32.1 Å². The minimum atomic E-state index is -0.184. The number of nitrogens with two attached hydrogens (primary N) is 1. The zero-order valence-corrected chi connectivity index (χ0v) is 11.7. The van der Waals surface area contributed by atoms with Crippen LogP contribution in [0.3, 0.4) is 0 Å². The molecule has 5 N–H and O–H groups in total. The lowest BCUT2D eigenvalue weighted by atomic mass is 9.93. The number of hydrogen-bond acceptors (Lipinski definition) is 8. The van der Waals surface area contributed by atoms with Gasteiger partial charge >= 0.3 is 6.01 Å². The molecule has 1 aromatic heterocycles. The quantitative estimate of drug-likeness (QED) is 0.444. The molecule has 1 heterocycles. The van der Waals surface area contributed by atoms with Crippen molar-refractivity contribution in [2.45, 2.75) is 51.2 Å². The summed E-state index contributed by atoms with van der Waals surface area (Å²) in [6, 6.07) is 0.513. The Morgan fingerprint density at radius 2 is 1.90 bits per heavy atom. The first-order valence-corrected chi connectivity index (χ1v) is 7.01. The second kappa shape index (κ2) is 7.20. The van der Waals surface area contributed by atoms with Crippen molar-refractivity contribution < 1.29 is 9.84 Å². The lowest BCUT2D eigenvalue weighted by molar-refractivity contribution is 0.126. The minimum Gasteiger partial charge on any atom is -0.463 e. The van der Waals surface area contributed by atoms with Crippen molar-refractivity contribution in [1.29, 1.82) is 0 Å². The van der Waals surface area contributed by atoms with Gasteiger partial charge in [-0.15, -0.1) is 0 Å².